The van der Waals surface area contributed by atoms with Gasteiger partial charge in [0.15, 0.2) is 11.5 Å². The van der Waals surface area contributed by atoms with Crippen molar-refractivity contribution >= 4 is 17.5 Å². The zero-order valence-corrected chi connectivity index (χ0v) is 14.5. The molecule has 0 unspecified atom stereocenters. The van der Waals surface area contributed by atoms with Crippen molar-refractivity contribution in [2.24, 2.45) is 5.41 Å². The fraction of sp³-hybridized carbons (Fsp3) is 0.263. The van der Waals surface area contributed by atoms with Crippen molar-refractivity contribution in [1.29, 1.82) is 0 Å². The Hall–Kier alpha value is -3.09. The number of nitrogens with one attached hydrogen (secondary N) is 2. The molecule has 2 aromatic carbocycles. The van der Waals surface area contributed by atoms with Crippen LogP contribution in [0, 0.1) is 11.2 Å². The largest absolute Gasteiger partial charge is 0.454 e. The average Bonchev–Trinajstić information content (AvgIpc) is 3.08. The maximum atomic E-state index is 13.6. The molecule has 1 aliphatic heterocycles. The first-order valence-electron chi connectivity index (χ1n) is 8.11. The van der Waals surface area contributed by atoms with Gasteiger partial charge in [-0.05, 0) is 32.0 Å². The summed E-state index contributed by atoms with van der Waals surface area (Å²) in [6.07, 6.45) is 0. The normalized spacial score (nSPS) is 12.6. The van der Waals surface area contributed by atoms with Crippen molar-refractivity contribution in [2.45, 2.75) is 20.4 Å². The number of anilines is 1. The lowest BCUT2D eigenvalue weighted by molar-refractivity contribution is -0.138. The van der Waals surface area contributed by atoms with Crippen LogP contribution < -0.4 is 20.1 Å². The van der Waals surface area contributed by atoms with Gasteiger partial charge in [0.2, 0.25) is 18.6 Å². The Morgan fingerprint density at radius 3 is 2.58 bits per heavy atom. The molecule has 0 atom stereocenters. The Bertz CT molecular complexity index is 851. The highest BCUT2D eigenvalue weighted by Gasteiger charge is 2.36. The second-order valence-corrected chi connectivity index (χ2v) is 6.42. The molecule has 2 amide bonds. The first-order valence-corrected chi connectivity index (χ1v) is 8.11. The van der Waals surface area contributed by atoms with E-state index >= 15 is 0 Å². The van der Waals surface area contributed by atoms with Gasteiger partial charge in [0.05, 0.1) is 0 Å². The Morgan fingerprint density at radius 1 is 1.08 bits per heavy atom. The summed E-state index contributed by atoms with van der Waals surface area (Å²) in [6, 6.07) is 11.1. The van der Waals surface area contributed by atoms with Crippen LogP contribution in [0.5, 0.6) is 11.5 Å². The van der Waals surface area contributed by atoms with E-state index in [4.69, 9.17) is 9.47 Å². The van der Waals surface area contributed by atoms with Crippen LogP contribution >= 0.6 is 0 Å². The van der Waals surface area contributed by atoms with Crippen molar-refractivity contribution in [3.8, 4) is 11.5 Å². The third kappa shape index (κ3) is 3.61. The number of carbonyl (C=O) groups excluding carboxylic acids is 2. The van der Waals surface area contributed by atoms with Gasteiger partial charge in [-0.2, -0.15) is 0 Å². The van der Waals surface area contributed by atoms with Gasteiger partial charge in [-0.1, -0.05) is 18.2 Å². The molecule has 0 saturated heterocycles. The van der Waals surface area contributed by atoms with Gasteiger partial charge in [0.1, 0.15) is 11.2 Å². The van der Waals surface area contributed by atoms with Crippen molar-refractivity contribution in [1.82, 2.24) is 5.32 Å². The molecule has 0 spiro atoms. The number of fused-ring (bicyclic) bond motifs is 1. The summed E-state index contributed by atoms with van der Waals surface area (Å²) in [5.74, 6) is -0.258. The minimum atomic E-state index is -1.35. The lowest BCUT2D eigenvalue weighted by Gasteiger charge is -2.23. The molecule has 0 aromatic heterocycles. The van der Waals surface area contributed by atoms with E-state index in [9.17, 15) is 14.0 Å². The molecular formula is C19H19FN2O4. The van der Waals surface area contributed by atoms with E-state index in [1.165, 1.54) is 19.9 Å². The molecule has 1 heterocycles. The van der Waals surface area contributed by atoms with E-state index in [2.05, 4.69) is 10.6 Å². The van der Waals surface area contributed by atoms with Gasteiger partial charge in [0, 0.05) is 23.9 Å². The van der Waals surface area contributed by atoms with E-state index < -0.39 is 23.0 Å². The molecule has 2 aromatic rings. The molecule has 3 rings (SSSR count). The van der Waals surface area contributed by atoms with Crippen LogP contribution in [0.4, 0.5) is 10.1 Å². The highest BCUT2D eigenvalue weighted by atomic mass is 19.1. The molecule has 26 heavy (non-hydrogen) atoms. The van der Waals surface area contributed by atoms with Crippen LogP contribution in [0.15, 0.2) is 42.5 Å². The summed E-state index contributed by atoms with van der Waals surface area (Å²) >= 11 is 0. The minimum absolute atomic E-state index is 0.00619. The van der Waals surface area contributed by atoms with Crippen LogP contribution in [-0.2, 0) is 16.1 Å². The fourth-order valence-corrected chi connectivity index (χ4v) is 2.40. The van der Waals surface area contributed by atoms with Crippen LogP contribution in [0.3, 0.4) is 0 Å². The predicted molar refractivity (Wildman–Crippen MR) is 93.2 cm³/mol. The lowest BCUT2D eigenvalue weighted by atomic mass is 9.90. The van der Waals surface area contributed by atoms with Gasteiger partial charge in [-0.3, -0.25) is 9.59 Å². The molecule has 0 radical (unpaired) electrons. The summed E-state index contributed by atoms with van der Waals surface area (Å²) in [5, 5.41) is 5.30. The van der Waals surface area contributed by atoms with E-state index in [0.29, 0.717) is 22.7 Å². The second-order valence-electron chi connectivity index (χ2n) is 6.42. The lowest BCUT2D eigenvalue weighted by Crippen LogP contribution is -2.44. The first-order chi connectivity index (χ1) is 12.4. The Labute approximate surface area is 150 Å². The molecule has 2 N–H and O–H groups in total. The van der Waals surface area contributed by atoms with Crippen molar-refractivity contribution < 1.29 is 23.5 Å². The molecule has 1 aliphatic rings. The van der Waals surface area contributed by atoms with Gasteiger partial charge in [-0.25, -0.2) is 4.39 Å². The van der Waals surface area contributed by atoms with E-state index in [1.54, 1.807) is 36.4 Å². The number of hydrogen-bond acceptors (Lipinski definition) is 4. The van der Waals surface area contributed by atoms with Crippen LogP contribution in [0.25, 0.3) is 0 Å². The Kier molecular flexibility index (Phi) is 4.79. The molecule has 6 nitrogen and oxygen atoms in total. The quantitative estimate of drug-likeness (QED) is 0.806. The predicted octanol–water partition coefficient (Wildman–Crippen LogP) is 2.84. The maximum absolute atomic E-state index is 13.6. The number of amides is 2. The number of rotatable bonds is 5. The molecule has 0 aliphatic carbocycles. The third-order valence-electron chi connectivity index (χ3n) is 4.16. The zero-order valence-electron chi connectivity index (χ0n) is 14.5. The van der Waals surface area contributed by atoms with Gasteiger partial charge in [-0.15, -0.1) is 0 Å². The third-order valence-corrected chi connectivity index (χ3v) is 4.16. The van der Waals surface area contributed by atoms with Crippen molar-refractivity contribution in [3.05, 3.63) is 53.8 Å². The Morgan fingerprint density at radius 2 is 1.81 bits per heavy atom. The zero-order chi connectivity index (χ0) is 18.7. The summed E-state index contributed by atoms with van der Waals surface area (Å²) in [7, 11) is 0. The van der Waals surface area contributed by atoms with Gasteiger partial charge < -0.3 is 20.1 Å². The summed E-state index contributed by atoms with van der Waals surface area (Å²) < 4.78 is 24.1. The van der Waals surface area contributed by atoms with Crippen LogP contribution in [-0.4, -0.2) is 18.6 Å². The maximum Gasteiger partial charge on any atom is 0.239 e. The van der Waals surface area contributed by atoms with Crippen molar-refractivity contribution in [2.75, 3.05) is 12.1 Å². The first kappa shape index (κ1) is 17.7. The van der Waals surface area contributed by atoms with Gasteiger partial charge >= 0.3 is 0 Å². The van der Waals surface area contributed by atoms with E-state index in [0.717, 1.165) is 0 Å². The smallest absolute Gasteiger partial charge is 0.239 e. The van der Waals surface area contributed by atoms with E-state index in [-0.39, 0.29) is 13.3 Å². The minimum Gasteiger partial charge on any atom is -0.454 e. The molecule has 136 valence electrons. The highest BCUT2D eigenvalue weighted by Crippen LogP contribution is 2.34. The molecule has 7 heteroatoms. The summed E-state index contributed by atoms with van der Waals surface area (Å²) in [5.41, 5.74) is -0.496. The molecular weight excluding hydrogens is 339 g/mol. The molecule has 0 fully saturated rings. The number of halogens is 1. The average molecular weight is 358 g/mol. The number of ether oxygens (including phenoxy) is 2. The second kappa shape index (κ2) is 7.03. The van der Waals surface area contributed by atoms with Crippen LogP contribution in [0.2, 0.25) is 0 Å². The van der Waals surface area contributed by atoms with Crippen LogP contribution in [0.1, 0.15) is 19.4 Å². The molecule has 0 saturated carbocycles. The van der Waals surface area contributed by atoms with Gasteiger partial charge in [0.25, 0.3) is 0 Å². The standard InChI is InChI=1S/C19H19FN2O4/c1-19(2,17(23)21-10-12-5-3-4-6-14(12)20)18(24)22-13-7-8-15-16(9-13)26-11-25-15/h3-9H,10-11H2,1-2H3,(H,21,23)(H,22,24). The number of benzene rings is 2. The monoisotopic (exact) mass is 358 g/mol. The molecule has 0 bridgehead atoms. The number of carbonyl (C=O) groups is 2. The summed E-state index contributed by atoms with van der Waals surface area (Å²) in [4.78, 5) is 25.0. The topological polar surface area (TPSA) is 76.7 Å². The number of hydrogen-bond donors (Lipinski definition) is 2. The highest BCUT2D eigenvalue weighted by molar-refractivity contribution is 6.09. The SMILES string of the molecule is CC(C)(C(=O)NCc1ccccc1F)C(=O)Nc1ccc2c(c1)OCO2. The van der Waals surface area contributed by atoms with E-state index in [1.807, 2.05) is 0 Å². The Balaban J connectivity index is 1.63. The summed E-state index contributed by atoms with van der Waals surface area (Å²) in [6.45, 7) is 3.15. The van der Waals surface area contributed by atoms with Crippen molar-refractivity contribution in [3.63, 3.8) is 0 Å². The fourth-order valence-electron chi connectivity index (χ4n) is 2.40.